The summed E-state index contributed by atoms with van der Waals surface area (Å²) in [6.45, 7) is -0.594. The van der Waals surface area contributed by atoms with Crippen molar-refractivity contribution in [3.05, 3.63) is 39.9 Å². The molecule has 0 aromatic heterocycles. The summed E-state index contributed by atoms with van der Waals surface area (Å²) in [5, 5.41) is 19.7. The van der Waals surface area contributed by atoms with Crippen LogP contribution in [0.1, 0.15) is 11.6 Å². The van der Waals surface area contributed by atoms with E-state index in [1.807, 2.05) is 0 Å². The maximum Gasteiger partial charge on any atom is 0.417 e. The van der Waals surface area contributed by atoms with Crippen LogP contribution in [0.4, 0.5) is 23.7 Å². The lowest BCUT2D eigenvalue weighted by atomic mass is 9.97. The van der Waals surface area contributed by atoms with E-state index in [0.717, 1.165) is 24.3 Å². The Morgan fingerprint density at radius 3 is 2.41 bits per heavy atom. The smallest absolute Gasteiger partial charge is 0.417 e. The normalized spacial score (nSPS) is 22.4. The molecule has 7 nitrogen and oxygen atoms in total. The van der Waals surface area contributed by atoms with Crippen molar-refractivity contribution in [2.45, 2.75) is 18.3 Å². The zero-order valence-electron chi connectivity index (χ0n) is 11.0. The highest BCUT2D eigenvalue weighted by molar-refractivity contribution is 5.66. The summed E-state index contributed by atoms with van der Waals surface area (Å²) < 4.78 is 43.9. The Kier molecular flexibility index (Phi) is 4.22. The third-order valence-corrected chi connectivity index (χ3v) is 3.27. The van der Waals surface area contributed by atoms with Crippen molar-refractivity contribution in [2.24, 2.45) is 0 Å². The molecule has 0 saturated carbocycles. The average Bonchev–Trinajstić information content (AvgIpc) is 2.45. The van der Waals surface area contributed by atoms with Gasteiger partial charge in [-0.05, 0) is 5.56 Å². The monoisotopic (exact) mass is 320 g/mol. The molecule has 1 aliphatic heterocycles. The number of morpholine rings is 1. The second-order valence-electron chi connectivity index (χ2n) is 4.60. The minimum atomic E-state index is -4.76. The maximum absolute atomic E-state index is 13.1. The highest BCUT2D eigenvalue weighted by Gasteiger charge is 2.51. The number of carbonyl (C=O) groups is 1. The predicted molar refractivity (Wildman–Crippen MR) is 66.4 cm³/mol. The summed E-state index contributed by atoms with van der Waals surface area (Å²) in [7, 11) is 0. The van der Waals surface area contributed by atoms with E-state index in [4.69, 9.17) is 9.84 Å². The van der Waals surface area contributed by atoms with E-state index < -0.39 is 29.3 Å². The Balaban J connectivity index is 2.42. The van der Waals surface area contributed by atoms with Gasteiger partial charge in [-0.25, -0.2) is 4.79 Å². The predicted octanol–water partition coefficient (Wildman–Crippen LogP) is 2.58. The SMILES string of the molecule is O=C(O)N1CCOC(C(F)(F)F)C1c1ccc([N+](=O)[O-])cc1. The van der Waals surface area contributed by atoms with Gasteiger partial charge in [0.1, 0.15) is 0 Å². The van der Waals surface area contributed by atoms with Gasteiger partial charge in [0.15, 0.2) is 6.10 Å². The van der Waals surface area contributed by atoms with Gasteiger partial charge >= 0.3 is 12.3 Å². The van der Waals surface area contributed by atoms with E-state index >= 15 is 0 Å². The first-order valence-electron chi connectivity index (χ1n) is 6.14. The first kappa shape index (κ1) is 16.0. The van der Waals surface area contributed by atoms with Crippen LogP contribution in [0.25, 0.3) is 0 Å². The van der Waals surface area contributed by atoms with Crippen LogP contribution in [0, 0.1) is 10.1 Å². The van der Waals surface area contributed by atoms with Crippen LogP contribution in [0.2, 0.25) is 0 Å². The zero-order chi connectivity index (χ0) is 16.5. The van der Waals surface area contributed by atoms with Crippen molar-refractivity contribution >= 4 is 11.8 Å². The van der Waals surface area contributed by atoms with Gasteiger partial charge in [0.2, 0.25) is 0 Å². The van der Waals surface area contributed by atoms with Gasteiger partial charge in [0, 0.05) is 18.7 Å². The van der Waals surface area contributed by atoms with Crippen molar-refractivity contribution in [2.75, 3.05) is 13.2 Å². The van der Waals surface area contributed by atoms with Gasteiger partial charge in [0.05, 0.1) is 17.6 Å². The quantitative estimate of drug-likeness (QED) is 0.668. The number of hydrogen-bond donors (Lipinski definition) is 1. The van der Waals surface area contributed by atoms with Crippen LogP contribution in [0.3, 0.4) is 0 Å². The number of alkyl halides is 3. The molecule has 10 heteroatoms. The number of ether oxygens (including phenoxy) is 1. The molecular weight excluding hydrogens is 309 g/mol. The van der Waals surface area contributed by atoms with E-state index in [9.17, 15) is 28.1 Å². The van der Waals surface area contributed by atoms with Gasteiger partial charge in [-0.2, -0.15) is 13.2 Å². The molecule has 1 aromatic carbocycles. The molecule has 2 rings (SSSR count). The Morgan fingerprint density at radius 2 is 1.95 bits per heavy atom. The molecule has 0 radical (unpaired) electrons. The fourth-order valence-corrected chi connectivity index (χ4v) is 2.31. The van der Waals surface area contributed by atoms with Crippen molar-refractivity contribution in [3.63, 3.8) is 0 Å². The number of halogens is 3. The van der Waals surface area contributed by atoms with Crippen LogP contribution >= 0.6 is 0 Å². The first-order valence-corrected chi connectivity index (χ1v) is 6.14. The van der Waals surface area contributed by atoms with Gasteiger partial charge in [0.25, 0.3) is 5.69 Å². The van der Waals surface area contributed by atoms with Crippen molar-refractivity contribution in [1.82, 2.24) is 4.90 Å². The highest BCUT2D eigenvalue weighted by Crippen LogP contribution is 2.39. The summed E-state index contributed by atoms with van der Waals surface area (Å²) in [6.07, 6.45) is -8.60. The molecule has 22 heavy (non-hydrogen) atoms. The lowest BCUT2D eigenvalue weighted by molar-refractivity contribution is -0.384. The number of amides is 1. The summed E-state index contributed by atoms with van der Waals surface area (Å²) in [6, 6.07) is 2.65. The second kappa shape index (κ2) is 5.79. The number of hydrogen-bond acceptors (Lipinski definition) is 4. The lowest BCUT2D eigenvalue weighted by Crippen LogP contribution is -2.53. The zero-order valence-corrected chi connectivity index (χ0v) is 11.0. The molecule has 1 saturated heterocycles. The summed E-state index contributed by atoms with van der Waals surface area (Å²) >= 11 is 0. The first-order chi connectivity index (χ1) is 10.2. The fourth-order valence-electron chi connectivity index (χ4n) is 2.31. The molecule has 120 valence electrons. The Bertz CT molecular complexity index is 575. The van der Waals surface area contributed by atoms with E-state index in [1.165, 1.54) is 0 Å². The molecule has 1 amide bonds. The number of nitro groups is 1. The molecule has 1 aromatic rings. The third kappa shape index (κ3) is 3.11. The van der Waals surface area contributed by atoms with Crippen LogP contribution in [-0.2, 0) is 4.74 Å². The Hall–Kier alpha value is -2.36. The number of non-ortho nitro benzene ring substituents is 1. The van der Waals surface area contributed by atoms with Gasteiger partial charge in [-0.15, -0.1) is 0 Å². The van der Waals surface area contributed by atoms with Crippen molar-refractivity contribution in [1.29, 1.82) is 0 Å². The Morgan fingerprint density at radius 1 is 1.36 bits per heavy atom. The maximum atomic E-state index is 13.1. The summed E-state index contributed by atoms with van der Waals surface area (Å²) in [5.74, 6) is 0. The minimum absolute atomic E-state index is 0.0185. The molecule has 1 heterocycles. The molecule has 1 fully saturated rings. The minimum Gasteiger partial charge on any atom is -0.465 e. The molecule has 0 aliphatic carbocycles. The second-order valence-corrected chi connectivity index (χ2v) is 4.60. The molecule has 2 unspecified atom stereocenters. The van der Waals surface area contributed by atoms with Crippen LogP contribution in [-0.4, -0.2) is 46.5 Å². The third-order valence-electron chi connectivity index (χ3n) is 3.27. The molecule has 1 aliphatic rings. The Labute approximate surface area is 122 Å². The molecule has 2 atom stereocenters. The highest BCUT2D eigenvalue weighted by atomic mass is 19.4. The molecule has 0 bridgehead atoms. The number of carboxylic acid groups (broad SMARTS) is 1. The van der Waals surface area contributed by atoms with Crippen molar-refractivity contribution in [3.8, 4) is 0 Å². The summed E-state index contributed by atoms with van der Waals surface area (Å²) in [5.41, 5.74) is -0.319. The van der Waals surface area contributed by atoms with Crippen LogP contribution in [0.5, 0.6) is 0 Å². The topological polar surface area (TPSA) is 92.9 Å². The number of rotatable bonds is 2. The largest absolute Gasteiger partial charge is 0.465 e. The van der Waals surface area contributed by atoms with Crippen molar-refractivity contribution < 1.29 is 32.7 Å². The van der Waals surface area contributed by atoms with Gasteiger partial charge < -0.3 is 9.84 Å². The summed E-state index contributed by atoms with van der Waals surface area (Å²) in [4.78, 5) is 21.7. The molecular formula is C12H11F3N2O5. The van der Waals surface area contributed by atoms with E-state index in [2.05, 4.69) is 0 Å². The number of nitrogens with zero attached hydrogens (tertiary/aromatic N) is 2. The lowest BCUT2D eigenvalue weighted by Gasteiger charge is -2.40. The number of benzene rings is 1. The fraction of sp³-hybridized carbons (Fsp3) is 0.417. The molecule has 1 N–H and O–H groups in total. The number of nitro benzene ring substituents is 1. The molecule has 0 spiro atoms. The van der Waals surface area contributed by atoms with E-state index in [-0.39, 0.29) is 24.4 Å². The van der Waals surface area contributed by atoms with E-state index in [1.54, 1.807) is 0 Å². The average molecular weight is 320 g/mol. The van der Waals surface area contributed by atoms with E-state index in [0.29, 0.717) is 4.90 Å². The van der Waals surface area contributed by atoms with Crippen LogP contribution in [0.15, 0.2) is 24.3 Å². The van der Waals surface area contributed by atoms with Gasteiger partial charge in [-0.3, -0.25) is 15.0 Å². The van der Waals surface area contributed by atoms with Crippen LogP contribution < -0.4 is 0 Å². The van der Waals surface area contributed by atoms with Gasteiger partial charge in [-0.1, -0.05) is 12.1 Å². The standard InChI is InChI=1S/C12H11F3N2O5/c13-12(14,15)10-9(16(11(18)19)5-6-22-10)7-1-3-8(4-2-7)17(20)21/h1-4,9-10H,5-6H2,(H,18,19).